The topological polar surface area (TPSA) is 38.7 Å². The Balaban J connectivity index is 1.92. The Hall–Kier alpha value is -2.26. The highest BCUT2D eigenvalue weighted by atomic mass is 35.5. The van der Waals surface area contributed by atoms with E-state index < -0.39 is 0 Å². The van der Waals surface area contributed by atoms with Crippen molar-refractivity contribution in [2.24, 2.45) is 0 Å². The number of benzene rings is 1. The van der Waals surface area contributed by atoms with Gasteiger partial charge in [-0.05, 0) is 48.7 Å². The summed E-state index contributed by atoms with van der Waals surface area (Å²) in [5, 5.41) is 0.780. The maximum absolute atomic E-state index is 6.21. The molecule has 2 heterocycles. The molecular formula is C17H14ClN3. The lowest BCUT2D eigenvalue weighted by atomic mass is 10.1. The van der Waals surface area contributed by atoms with Crippen LogP contribution < -0.4 is 0 Å². The van der Waals surface area contributed by atoms with Gasteiger partial charge >= 0.3 is 0 Å². The van der Waals surface area contributed by atoms with Gasteiger partial charge in [0.15, 0.2) is 5.82 Å². The fraction of sp³-hybridized carbons (Fsp3) is 0.118. The Morgan fingerprint density at radius 3 is 2.62 bits per heavy atom. The van der Waals surface area contributed by atoms with Crippen molar-refractivity contribution >= 4 is 11.6 Å². The number of rotatable bonds is 3. The molecule has 0 N–H and O–H groups in total. The van der Waals surface area contributed by atoms with Gasteiger partial charge in [-0.3, -0.25) is 4.98 Å². The largest absolute Gasteiger partial charge is 0.253 e. The molecule has 0 aliphatic carbocycles. The Morgan fingerprint density at radius 2 is 1.81 bits per heavy atom. The molecule has 0 spiro atoms. The van der Waals surface area contributed by atoms with Crippen molar-refractivity contribution in [1.82, 2.24) is 15.0 Å². The van der Waals surface area contributed by atoms with Gasteiger partial charge in [0.25, 0.3) is 0 Å². The number of pyridine rings is 1. The smallest absolute Gasteiger partial charge is 0.178 e. The zero-order valence-electron chi connectivity index (χ0n) is 11.6. The second-order valence-corrected chi connectivity index (χ2v) is 5.25. The van der Waals surface area contributed by atoms with E-state index in [1.165, 1.54) is 0 Å². The van der Waals surface area contributed by atoms with Crippen LogP contribution in [0.1, 0.15) is 16.8 Å². The minimum Gasteiger partial charge on any atom is -0.253 e. The van der Waals surface area contributed by atoms with Crippen LogP contribution in [0.2, 0.25) is 5.02 Å². The van der Waals surface area contributed by atoms with E-state index >= 15 is 0 Å². The van der Waals surface area contributed by atoms with E-state index in [0.29, 0.717) is 5.82 Å². The zero-order valence-corrected chi connectivity index (χ0v) is 12.4. The van der Waals surface area contributed by atoms with Gasteiger partial charge in [0.2, 0.25) is 0 Å². The molecule has 0 saturated carbocycles. The summed E-state index contributed by atoms with van der Waals surface area (Å²) < 4.78 is 0. The SMILES string of the molecule is Cc1ccnc(-c2cc(Cc3ccccc3Cl)ccn2)n1. The molecule has 0 amide bonds. The molecule has 104 valence electrons. The molecule has 0 saturated heterocycles. The van der Waals surface area contributed by atoms with E-state index in [4.69, 9.17) is 11.6 Å². The Bertz CT molecular complexity index is 771. The second kappa shape index (κ2) is 6.02. The van der Waals surface area contributed by atoms with Crippen molar-refractivity contribution in [3.8, 4) is 11.5 Å². The number of aryl methyl sites for hydroxylation is 1. The van der Waals surface area contributed by atoms with Gasteiger partial charge in [0, 0.05) is 23.1 Å². The Labute approximate surface area is 128 Å². The van der Waals surface area contributed by atoms with Crippen molar-refractivity contribution in [2.45, 2.75) is 13.3 Å². The molecule has 1 aromatic carbocycles. The normalized spacial score (nSPS) is 10.6. The van der Waals surface area contributed by atoms with Crippen LogP contribution in [-0.2, 0) is 6.42 Å². The lowest BCUT2D eigenvalue weighted by molar-refractivity contribution is 1.08. The van der Waals surface area contributed by atoms with Crippen molar-refractivity contribution in [2.75, 3.05) is 0 Å². The summed E-state index contributed by atoms with van der Waals surface area (Å²) in [6.07, 6.45) is 4.30. The van der Waals surface area contributed by atoms with Gasteiger partial charge in [-0.1, -0.05) is 29.8 Å². The van der Waals surface area contributed by atoms with Crippen LogP contribution in [0.4, 0.5) is 0 Å². The first-order valence-corrected chi connectivity index (χ1v) is 7.08. The van der Waals surface area contributed by atoms with Gasteiger partial charge in [-0.15, -0.1) is 0 Å². The summed E-state index contributed by atoms with van der Waals surface area (Å²) in [6, 6.07) is 13.7. The van der Waals surface area contributed by atoms with Crippen molar-refractivity contribution in [3.63, 3.8) is 0 Å². The van der Waals surface area contributed by atoms with Crippen LogP contribution >= 0.6 is 11.6 Å². The number of nitrogens with zero attached hydrogens (tertiary/aromatic N) is 3. The first-order chi connectivity index (χ1) is 10.2. The summed E-state index contributed by atoms with van der Waals surface area (Å²) in [5.74, 6) is 0.649. The average Bonchev–Trinajstić information content (AvgIpc) is 2.50. The molecule has 3 rings (SSSR count). The molecule has 0 fully saturated rings. The minimum atomic E-state index is 0.649. The standard InChI is InChI=1S/C17H14ClN3/c1-12-6-8-20-17(21-12)16-11-13(7-9-19-16)10-14-4-2-3-5-15(14)18/h2-9,11H,10H2,1H3. The van der Waals surface area contributed by atoms with E-state index in [9.17, 15) is 0 Å². The molecule has 21 heavy (non-hydrogen) atoms. The highest BCUT2D eigenvalue weighted by Crippen LogP contribution is 2.20. The summed E-state index contributed by atoms with van der Waals surface area (Å²) in [5.41, 5.74) is 3.95. The third-order valence-electron chi connectivity index (χ3n) is 3.20. The lowest BCUT2D eigenvalue weighted by Gasteiger charge is -2.06. The van der Waals surface area contributed by atoms with Crippen LogP contribution in [-0.4, -0.2) is 15.0 Å². The predicted molar refractivity (Wildman–Crippen MR) is 84.3 cm³/mol. The van der Waals surface area contributed by atoms with Gasteiger partial charge in [-0.25, -0.2) is 9.97 Å². The number of halogens is 1. The van der Waals surface area contributed by atoms with E-state index in [0.717, 1.165) is 34.0 Å². The number of aromatic nitrogens is 3. The fourth-order valence-electron chi connectivity index (χ4n) is 2.14. The van der Waals surface area contributed by atoms with Gasteiger partial charge in [0.1, 0.15) is 5.69 Å². The molecule has 3 aromatic rings. The van der Waals surface area contributed by atoms with E-state index in [-0.39, 0.29) is 0 Å². The van der Waals surface area contributed by atoms with Gasteiger partial charge in [-0.2, -0.15) is 0 Å². The summed E-state index contributed by atoms with van der Waals surface area (Å²) in [6.45, 7) is 1.94. The summed E-state index contributed by atoms with van der Waals surface area (Å²) >= 11 is 6.21. The molecule has 0 bridgehead atoms. The third-order valence-corrected chi connectivity index (χ3v) is 3.57. The van der Waals surface area contributed by atoms with Crippen molar-refractivity contribution < 1.29 is 0 Å². The minimum absolute atomic E-state index is 0.649. The van der Waals surface area contributed by atoms with Crippen molar-refractivity contribution in [1.29, 1.82) is 0 Å². The monoisotopic (exact) mass is 295 g/mol. The van der Waals surface area contributed by atoms with E-state index in [1.54, 1.807) is 12.4 Å². The highest BCUT2D eigenvalue weighted by molar-refractivity contribution is 6.31. The van der Waals surface area contributed by atoms with Crippen LogP contribution in [0.3, 0.4) is 0 Å². The van der Waals surface area contributed by atoms with E-state index in [1.807, 2.05) is 49.4 Å². The number of hydrogen-bond donors (Lipinski definition) is 0. The first-order valence-electron chi connectivity index (χ1n) is 6.71. The maximum Gasteiger partial charge on any atom is 0.178 e. The first kappa shape index (κ1) is 13.7. The molecule has 3 nitrogen and oxygen atoms in total. The van der Waals surface area contributed by atoms with Crippen LogP contribution in [0.15, 0.2) is 54.9 Å². The average molecular weight is 296 g/mol. The molecular weight excluding hydrogens is 282 g/mol. The molecule has 4 heteroatoms. The van der Waals surface area contributed by atoms with Crippen LogP contribution in [0.5, 0.6) is 0 Å². The predicted octanol–water partition coefficient (Wildman–Crippen LogP) is 4.09. The maximum atomic E-state index is 6.21. The highest BCUT2D eigenvalue weighted by Gasteiger charge is 2.06. The number of hydrogen-bond acceptors (Lipinski definition) is 3. The second-order valence-electron chi connectivity index (χ2n) is 4.84. The molecule has 0 aliphatic rings. The van der Waals surface area contributed by atoms with E-state index in [2.05, 4.69) is 15.0 Å². The molecule has 0 unspecified atom stereocenters. The van der Waals surface area contributed by atoms with Crippen molar-refractivity contribution in [3.05, 3.63) is 76.7 Å². The quantitative estimate of drug-likeness (QED) is 0.730. The van der Waals surface area contributed by atoms with Crippen LogP contribution in [0.25, 0.3) is 11.5 Å². The lowest BCUT2D eigenvalue weighted by Crippen LogP contribution is -1.95. The Kier molecular flexibility index (Phi) is 3.93. The fourth-order valence-corrected chi connectivity index (χ4v) is 2.34. The van der Waals surface area contributed by atoms with Gasteiger partial charge < -0.3 is 0 Å². The van der Waals surface area contributed by atoms with Crippen LogP contribution in [0, 0.1) is 6.92 Å². The van der Waals surface area contributed by atoms with Gasteiger partial charge in [0.05, 0.1) is 0 Å². The third kappa shape index (κ3) is 3.26. The zero-order chi connectivity index (χ0) is 14.7. The summed E-state index contributed by atoms with van der Waals surface area (Å²) in [7, 11) is 0. The Morgan fingerprint density at radius 1 is 1.00 bits per heavy atom. The summed E-state index contributed by atoms with van der Waals surface area (Å²) in [4.78, 5) is 13.0. The molecule has 0 aliphatic heterocycles. The molecule has 2 aromatic heterocycles. The molecule has 0 radical (unpaired) electrons. The molecule has 0 atom stereocenters.